The van der Waals surface area contributed by atoms with E-state index in [1.54, 1.807) is 0 Å². The minimum atomic E-state index is -0.102. The first-order valence-corrected chi connectivity index (χ1v) is 27.2. The van der Waals surface area contributed by atoms with Crippen LogP contribution in [0.3, 0.4) is 0 Å². The van der Waals surface area contributed by atoms with Crippen molar-refractivity contribution >= 4 is 68.3 Å². The van der Waals surface area contributed by atoms with Crippen molar-refractivity contribution in [2.45, 2.75) is 177 Å². The number of nitrogens with zero attached hydrogens (tertiary/aromatic N) is 2. The van der Waals surface area contributed by atoms with E-state index in [1.165, 1.54) is 101 Å². The van der Waals surface area contributed by atoms with E-state index in [-0.39, 0.29) is 44.6 Å². The topological polar surface area (TPSA) is 19.6 Å². The van der Waals surface area contributed by atoms with Gasteiger partial charge >= 0.3 is 0 Å². The third-order valence-electron chi connectivity index (χ3n) is 17.8. The first-order chi connectivity index (χ1) is 33.4. The molecular weight excluding hydrogens is 872 g/mol. The lowest BCUT2D eigenvalue weighted by molar-refractivity contribution is 0.259. The molecule has 4 heteroatoms. The Morgan fingerprint density at radius 2 is 1.15 bits per heavy atom. The van der Waals surface area contributed by atoms with Crippen molar-refractivity contribution in [3.63, 3.8) is 0 Å². The van der Waals surface area contributed by atoms with Crippen molar-refractivity contribution in [2.75, 3.05) is 16.3 Å². The van der Waals surface area contributed by atoms with Gasteiger partial charge in [-0.2, -0.15) is 0 Å². The first kappa shape index (κ1) is 50.1. The van der Waals surface area contributed by atoms with E-state index in [9.17, 15) is 0 Å². The van der Waals surface area contributed by atoms with Gasteiger partial charge in [-0.1, -0.05) is 185 Å². The fourth-order valence-electron chi connectivity index (χ4n) is 12.7. The van der Waals surface area contributed by atoms with Crippen molar-refractivity contribution < 1.29 is 4.42 Å². The van der Waals surface area contributed by atoms with Crippen LogP contribution >= 0.6 is 0 Å². The van der Waals surface area contributed by atoms with Crippen LogP contribution in [-0.4, -0.2) is 13.3 Å². The highest BCUT2D eigenvalue weighted by molar-refractivity contribution is 6.99. The van der Waals surface area contributed by atoms with Gasteiger partial charge in [-0.25, -0.2) is 0 Å². The molecule has 0 radical (unpaired) electrons. The number of aryl methyl sites for hydroxylation is 1. The molecule has 0 atom stereocenters. The molecule has 374 valence electrons. The SMILES string of the molecule is C=C(/C=C1\C(=C/CN2c3ccc(C(C)(C)C)cc3B3c4oc5ccc(C(C)(C)C)cc5c4N(c4ccc5c(c4)C(C)(C)CCC5(C)C)c4cc(C)cc2c43)C(C)(C)CCC1(C)C)c1ccc(C(C)(C)C)cc1. The van der Waals surface area contributed by atoms with Gasteiger partial charge in [0, 0.05) is 34.7 Å². The molecule has 2 aliphatic heterocycles. The van der Waals surface area contributed by atoms with Gasteiger partial charge in [-0.05, 0) is 180 Å². The lowest BCUT2D eigenvalue weighted by Crippen LogP contribution is -2.61. The summed E-state index contributed by atoms with van der Waals surface area (Å²) < 4.78 is 7.42. The Bertz CT molecular complexity index is 3250. The quantitative estimate of drug-likeness (QED) is 0.160. The monoisotopic (exact) mass is 955 g/mol. The molecule has 0 unspecified atom stereocenters. The second kappa shape index (κ2) is 16.5. The number of allylic oxidation sites excluding steroid dienone is 4. The maximum Gasteiger partial charge on any atom is 0.297 e. The zero-order valence-corrected chi connectivity index (χ0v) is 47.4. The molecule has 0 bridgehead atoms. The number of anilines is 5. The summed E-state index contributed by atoms with van der Waals surface area (Å²) in [5.41, 5.74) is 24.1. The van der Waals surface area contributed by atoms with Crippen molar-refractivity contribution in [3.05, 3.63) is 160 Å². The van der Waals surface area contributed by atoms with Crippen LogP contribution in [0.1, 0.15) is 182 Å². The molecule has 1 fully saturated rings. The number of benzene rings is 5. The van der Waals surface area contributed by atoms with Crippen molar-refractivity contribution in [2.24, 2.45) is 10.8 Å². The average Bonchev–Trinajstić information content (AvgIpc) is 3.67. The van der Waals surface area contributed by atoms with Crippen LogP contribution in [0.2, 0.25) is 0 Å². The van der Waals surface area contributed by atoms with Crippen molar-refractivity contribution in [1.29, 1.82) is 0 Å². The van der Waals surface area contributed by atoms with Gasteiger partial charge in [0.25, 0.3) is 6.71 Å². The van der Waals surface area contributed by atoms with E-state index in [4.69, 9.17) is 11.0 Å². The highest BCUT2D eigenvalue weighted by Gasteiger charge is 2.48. The maximum atomic E-state index is 7.42. The summed E-state index contributed by atoms with van der Waals surface area (Å²) in [5.74, 6) is 0. The van der Waals surface area contributed by atoms with E-state index in [0.717, 1.165) is 42.6 Å². The minimum Gasteiger partial charge on any atom is -0.468 e. The Hall–Kier alpha value is -5.48. The van der Waals surface area contributed by atoms with Gasteiger partial charge in [-0.15, -0.1) is 0 Å². The molecule has 0 N–H and O–H groups in total. The molecule has 3 nitrogen and oxygen atoms in total. The molecule has 6 aromatic rings. The van der Waals surface area contributed by atoms with E-state index < -0.39 is 0 Å². The minimum absolute atomic E-state index is 0.0195. The summed E-state index contributed by atoms with van der Waals surface area (Å²) in [7, 11) is 0. The Labute approximate surface area is 435 Å². The van der Waals surface area contributed by atoms with Crippen LogP contribution in [0.5, 0.6) is 0 Å². The largest absolute Gasteiger partial charge is 0.468 e. The lowest BCUT2D eigenvalue weighted by Gasteiger charge is -2.46. The van der Waals surface area contributed by atoms with Crippen LogP contribution in [0.25, 0.3) is 16.5 Å². The molecular formula is C68H83BN2O. The third-order valence-corrected chi connectivity index (χ3v) is 17.8. The molecule has 2 aliphatic carbocycles. The molecule has 0 spiro atoms. The van der Waals surface area contributed by atoms with Gasteiger partial charge in [-0.3, -0.25) is 0 Å². The van der Waals surface area contributed by atoms with Crippen molar-refractivity contribution in [3.8, 4) is 0 Å². The molecule has 0 amide bonds. The number of hydrogen-bond donors (Lipinski definition) is 0. The molecule has 72 heavy (non-hydrogen) atoms. The Balaban J connectivity index is 1.21. The van der Waals surface area contributed by atoms with E-state index in [0.29, 0.717) is 0 Å². The highest BCUT2D eigenvalue weighted by Crippen LogP contribution is 2.54. The summed E-state index contributed by atoms with van der Waals surface area (Å²) in [6, 6.07) is 35.7. The molecule has 3 heterocycles. The van der Waals surface area contributed by atoms with Crippen LogP contribution in [0.4, 0.5) is 28.4 Å². The van der Waals surface area contributed by atoms with Gasteiger partial charge in [0.05, 0.1) is 11.3 Å². The van der Waals surface area contributed by atoms with Gasteiger partial charge in [0.15, 0.2) is 0 Å². The molecule has 1 saturated carbocycles. The lowest BCUT2D eigenvalue weighted by atomic mass is 9.35. The van der Waals surface area contributed by atoms with Crippen molar-refractivity contribution in [1.82, 2.24) is 0 Å². The number of hydrogen-bond acceptors (Lipinski definition) is 3. The normalized spacial score (nSPS) is 19.8. The Morgan fingerprint density at radius 1 is 0.597 bits per heavy atom. The van der Waals surface area contributed by atoms with Gasteiger partial charge < -0.3 is 14.2 Å². The smallest absolute Gasteiger partial charge is 0.297 e. The fraction of sp³-hybridized carbons (Fsp3) is 0.441. The number of rotatable bonds is 5. The first-order valence-electron chi connectivity index (χ1n) is 27.2. The Kier molecular flexibility index (Phi) is 11.5. The number of fused-ring (bicyclic) bond motifs is 7. The Morgan fingerprint density at radius 3 is 1.79 bits per heavy atom. The predicted octanol–water partition coefficient (Wildman–Crippen LogP) is 17.1. The highest BCUT2D eigenvalue weighted by atomic mass is 16.3. The molecule has 5 aromatic carbocycles. The summed E-state index contributed by atoms with van der Waals surface area (Å²) in [4.78, 5) is 5.25. The average molecular weight is 955 g/mol. The summed E-state index contributed by atoms with van der Waals surface area (Å²) in [6.45, 7) is 48.1. The van der Waals surface area contributed by atoms with Gasteiger partial charge in [0.2, 0.25) is 0 Å². The maximum absolute atomic E-state index is 7.42. The molecule has 4 aliphatic rings. The summed E-state index contributed by atoms with van der Waals surface area (Å²) in [5, 5.41) is 1.18. The van der Waals surface area contributed by atoms with Crippen LogP contribution in [0.15, 0.2) is 125 Å². The van der Waals surface area contributed by atoms with Gasteiger partial charge in [0.1, 0.15) is 5.58 Å². The number of furan rings is 1. The standard InChI is InChI=1S/C68H83BN2O/c1-42-36-56-59-57(37-42)71(48-26-27-50-53(41-48)68(18,19)34-31-65(50,12)13)60-49-39-46(63(6,7)8)25-29-58(49)72-61(60)69(59)54-40-47(64(9,10)11)24-28-55(54)70(56)35-30-51-52(67(16,17)33-32-66(51,14)15)38-43(2)44-20-22-45(23-21-44)62(3,4)5/h20-30,36-41H,2,31-35H2,1,3-19H3/b51-30+,52-38+. The van der Waals surface area contributed by atoms with Crippen LogP contribution in [-0.2, 0) is 27.1 Å². The third kappa shape index (κ3) is 8.36. The molecule has 0 saturated heterocycles. The summed E-state index contributed by atoms with van der Waals surface area (Å²) >= 11 is 0. The predicted molar refractivity (Wildman–Crippen MR) is 314 cm³/mol. The molecule has 1 aromatic heterocycles. The summed E-state index contributed by atoms with van der Waals surface area (Å²) in [6.07, 6.45) is 9.61. The second-order valence-corrected chi connectivity index (χ2v) is 28.2. The van der Waals surface area contributed by atoms with E-state index in [1.807, 2.05) is 0 Å². The second-order valence-electron chi connectivity index (χ2n) is 28.2. The fourth-order valence-corrected chi connectivity index (χ4v) is 12.7. The zero-order chi connectivity index (χ0) is 52.0. The van der Waals surface area contributed by atoms with Crippen LogP contribution in [0, 0.1) is 17.8 Å². The van der Waals surface area contributed by atoms with Crippen LogP contribution < -0.4 is 26.4 Å². The van der Waals surface area contributed by atoms with E-state index >= 15 is 0 Å². The molecule has 10 rings (SSSR count). The zero-order valence-electron chi connectivity index (χ0n) is 47.4. The van der Waals surface area contributed by atoms with E-state index in [2.05, 4.69) is 238 Å².